The maximum Gasteiger partial charge on any atom is 0.211 e. The van der Waals surface area contributed by atoms with Gasteiger partial charge in [0, 0.05) is 38.2 Å². The van der Waals surface area contributed by atoms with Crippen LogP contribution < -0.4 is 10.6 Å². The van der Waals surface area contributed by atoms with Gasteiger partial charge in [0.25, 0.3) is 0 Å². The van der Waals surface area contributed by atoms with Crippen molar-refractivity contribution in [1.29, 1.82) is 0 Å². The molecule has 0 aromatic carbocycles. The number of anilines is 2. The summed E-state index contributed by atoms with van der Waals surface area (Å²) >= 11 is 0. The molecule has 0 atom stereocenters. The molecule has 0 radical (unpaired) electrons. The topological polar surface area (TPSA) is 92.4 Å². The van der Waals surface area contributed by atoms with Crippen LogP contribution >= 0.6 is 0 Å². The van der Waals surface area contributed by atoms with E-state index in [-0.39, 0.29) is 0 Å². The Morgan fingerprint density at radius 1 is 1.19 bits per heavy atom. The van der Waals surface area contributed by atoms with Crippen LogP contribution in [0.4, 0.5) is 11.6 Å². The van der Waals surface area contributed by atoms with Crippen LogP contribution in [0, 0.1) is 6.92 Å². The van der Waals surface area contributed by atoms with E-state index in [2.05, 4.69) is 21.8 Å². The summed E-state index contributed by atoms with van der Waals surface area (Å²) in [6.07, 6.45) is 3.00. The standard InChI is InChI=1S/C13H23N5O2S/c1-4-5-11-15-12(14)10(2)13(16-11)17-6-8-18(9-7-17)21(3,19)20/h4-9H2,1-3H3,(H2,14,15,16). The van der Waals surface area contributed by atoms with Gasteiger partial charge in [0.1, 0.15) is 17.5 Å². The summed E-state index contributed by atoms with van der Waals surface area (Å²) in [5.41, 5.74) is 6.83. The number of rotatable bonds is 4. The van der Waals surface area contributed by atoms with E-state index in [4.69, 9.17) is 5.73 Å². The molecule has 0 saturated carbocycles. The minimum Gasteiger partial charge on any atom is -0.383 e. The minimum absolute atomic E-state index is 0.477. The first-order valence-electron chi connectivity index (χ1n) is 7.16. The molecule has 118 valence electrons. The van der Waals surface area contributed by atoms with Crippen LogP contribution in [0.5, 0.6) is 0 Å². The highest BCUT2D eigenvalue weighted by molar-refractivity contribution is 7.88. The Hall–Kier alpha value is -1.41. The summed E-state index contributed by atoms with van der Waals surface area (Å²) in [6.45, 7) is 6.18. The van der Waals surface area contributed by atoms with Crippen molar-refractivity contribution < 1.29 is 8.42 Å². The number of piperazine rings is 1. The van der Waals surface area contributed by atoms with Crippen molar-refractivity contribution in [3.05, 3.63) is 11.4 Å². The van der Waals surface area contributed by atoms with Crippen molar-refractivity contribution in [2.45, 2.75) is 26.7 Å². The molecule has 0 aliphatic carbocycles. The van der Waals surface area contributed by atoms with E-state index in [1.165, 1.54) is 10.6 Å². The maximum atomic E-state index is 11.6. The van der Waals surface area contributed by atoms with Crippen molar-refractivity contribution in [2.24, 2.45) is 0 Å². The second-order valence-corrected chi connectivity index (χ2v) is 7.36. The van der Waals surface area contributed by atoms with Gasteiger partial charge in [0.05, 0.1) is 6.26 Å². The van der Waals surface area contributed by atoms with E-state index in [0.29, 0.717) is 32.0 Å². The zero-order valence-corrected chi connectivity index (χ0v) is 13.7. The van der Waals surface area contributed by atoms with Gasteiger partial charge in [-0.2, -0.15) is 4.31 Å². The van der Waals surface area contributed by atoms with E-state index >= 15 is 0 Å². The summed E-state index contributed by atoms with van der Waals surface area (Å²) < 4.78 is 24.6. The molecule has 2 rings (SSSR count). The molecule has 8 heteroatoms. The summed E-state index contributed by atoms with van der Waals surface area (Å²) in [6, 6.07) is 0. The Bertz CT molecular complexity index is 609. The average molecular weight is 313 g/mol. The number of aryl methyl sites for hydroxylation is 1. The maximum absolute atomic E-state index is 11.6. The lowest BCUT2D eigenvalue weighted by Crippen LogP contribution is -2.48. The zero-order chi connectivity index (χ0) is 15.6. The first kappa shape index (κ1) is 16.0. The molecule has 0 amide bonds. The van der Waals surface area contributed by atoms with Gasteiger partial charge in [-0.3, -0.25) is 0 Å². The first-order valence-corrected chi connectivity index (χ1v) is 9.00. The summed E-state index contributed by atoms with van der Waals surface area (Å²) in [5, 5.41) is 0. The minimum atomic E-state index is -3.12. The van der Waals surface area contributed by atoms with Crippen molar-refractivity contribution in [1.82, 2.24) is 14.3 Å². The molecule has 1 aromatic rings. The van der Waals surface area contributed by atoms with Crippen LogP contribution in [0.3, 0.4) is 0 Å². The lowest BCUT2D eigenvalue weighted by atomic mass is 10.2. The van der Waals surface area contributed by atoms with Gasteiger partial charge < -0.3 is 10.6 Å². The number of aromatic nitrogens is 2. The fourth-order valence-electron chi connectivity index (χ4n) is 2.44. The Kier molecular flexibility index (Phi) is 4.67. The van der Waals surface area contributed by atoms with Gasteiger partial charge in [0.2, 0.25) is 10.0 Å². The molecule has 1 fully saturated rings. The van der Waals surface area contributed by atoms with Gasteiger partial charge in [-0.1, -0.05) is 6.92 Å². The molecule has 2 heterocycles. The van der Waals surface area contributed by atoms with Crippen molar-refractivity contribution in [3.8, 4) is 0 Å². The van der Waals surface area contributed by atoms with E-state index in [1.807, 2.05) is 6.92 Å². The van der Waals surface area contributed by atoms with Gasteiger partial charge in [0.15, 0.2) is 0 Å². The summed E-state index contributed by atoms with van der Waals surface area (Å²) in [4.78, 5) is 11.0. The number of nitrogens with two attached hydrogens (primary N) is 1. The molecule has 0 spiro atoms. The van der Waals surface area contributed by atoms with Crippen LogP contribution in [0.2, 0.25) is 0 Å². The van der Waals surface area contributed by atoms with Crippen LogP contribution in [0.1, 0.15) is 24.7 Å². The van der Waals surface area contributed by atoms with E-state index in [0.717, 1.165) is 30.0 Å². The lowest BCUT2D eigenvalue weighted by molar-refractivity contribution is 0.386. The molecule has 1 aliphatic rings. The number of nitrogen functional groups attached to an aromatic ring is 1. The lowest BCUT2D eigenvalue weighted by Gasteiger charge is -2.34. The molecule has 1 aromatic heterocycles. The van der Waals surface area contributed by atoms with Crippen LogP contribution in [-0.2, 0) is 16.4 Å². The quantitative estimate of drug-likeness (QED) is 0.865. The Labute approximate surface area is 126 Å². The smallest absolute Gasteiger partial charge is 0.211 e. The van der Waals surface area contributed by atoms with Gasteiger partial charge in [-0.15, -0.1) is 0 Å². The van der Waals surface area contributed by atoms with Crippen molar-refractivity contribution in [3.63, 3.8) is 0 Å². The van der Waals surface area contributed by atoms with E-state index in [1.54, 1.807) is 0 Å². The third-order valence-corrected chi connectivity index (χ3v) is 4.99. The summed E-state index contributed by atoms with van der Waals surface area (Å²) in [5.74, 6) is 2.09. The molecule has 1 aliphatic heterocycles. The number of nitrogens with zero attached hydrogens (tertiary/aromatic N) is 4. The Morgan fingerprint density at radius 2 is 1.81 bits per heavy atom. The fourth-order valence-corrected chi connectivity index (χ4v) is 3.27. The monoisotopic (exact) mass is 313 g/mol. The average Bonchev–Trinajstić information content (AvgIpc) is 2.42. The SMILES string of the molecule is CCCc1nc(N)c(C)c(N2CCN(S(C)(=O)=O)CC2)n1. The van der Waals surface area contributed by atoms with Crippen LogP contribution in [0.15, 0.2) is 0 Å². The molecular weight excluding hydrogens is 290 g/mol. The largest absolute Gasteiger partial charge is 0.383 e. The molecule has 0 unspecified atom stereocenters. The molecule has 2 N–H and O–H groups in total. The fraction of sp³-hybridized carbons (Fsp3) is 0.692. The molecule has 0 bridgehead atoms. The second kappa shape index (κ2) is 6.15. The summed E-state index contributed by atoms with van der Waals surface area (Å²) in [7, 11) is -3.12. The predicted octanol–water partition coefficient (Wildman–Crippen LogP) is 0.401. The number of sulfonamides is 1. The third-order valence-electron chi connectivity index (χ3n) is 3.68. The van der Waals surface area contributed by atoms with Gasteiger partial charge in [-0.05, 0) is 13.3 Å². The normalized spacial score (nSPS) is 17.2. The molecule has 1 saturated heterocycles. The molecule has 21 heavy (non-hydrogen) atoms. The highest BCUT2D eigenvalue weighted by Gasteiger charge is 2.25. The molecule has 7 nitrogen and oxygen atoms in total. The highest BCUT2D eigenvalue weighted by Crippen LogP contribution is 2.23. The Balaban J connectivity index is 2.20. The van der Waals surface area contributed by atoms with E-state index in [9.17, 15) is 8.42 Å². The predicted molar refractivity (Wildman–Crippen MR) is 83.8 cm³/mol. The van der Waals surface area contributed by atoms with Crippen LogP contribution in [0.25, 0.3) is 0 Å². The third kappa shape index (κ3) is 3.62. The van der Waals surface area contributed by atoms with Crippen molar-refractivity contribution in [2.75, 3.05) is 43.1 Å². The Morgan fingerprint density at radius 3 is 2.33 bits per heavy atom. The second-order valence-electron chi connectivity index (χ2n) is 5.37. The zero-order valence-electron chi connectivity index (χ0n) is 12.8. The molecular formula is C13H23N5O2S. The number of hydrogen-bond donors (Lipinski definition) is 1. The van der Waals surface area contributed by atoms with Crippen LogP contribution in [-0.4, -0.2) is 55.1 Å². The first-order chi connectivity index (χ1) is 9.82. The van der Waals surface area contributed by atoms with Crippen molar-refractivity contribution >= 4 is 21.7 Å². The van der Waals surface area contributed by atoms with Gasteiger partial charge >= 0.3 is 0 Å². The highest BCUT2D eigenvalue weighted by atomic mass is 32.2. The van der Waals surface area contributed by atoms with Gasteiger partial charge in [-0.25, -0.2) is 18.4 Å². The van der Waals surface area contributed by atoms with E-state index < -0.39 is 10.0 Å². The number of hydrogen-bond acceptors (Lipinski definition) is 6.